The van der Waals surface area contributed by atoms with Crippen LogP contribution in [0.2, 0.25) is 0 Å². The topological polar surface area (TPSA) is 15.3 Å². The summed E-state index contributed by atoms with van der Waals surface area (Å²) >= 11 is 0. The summed E-state index contributed by atoms with van der Waals surface area (Å²) in [4.78, 5) is 2.38. The fourth-order valence-electron chi connectivity index (χ4n) is 2.59. The van der Waals surface area contributed by atoms with E-state index in [1.807, 2.05) is 0 Å². The SMILES string of the molecule is CCCNC(CCN(C)c1ccccc1C)C(C)(C)C. The summed E-state index contributed by atoms with van der Waals surface area (Å²) < 4.78 is 0. The van der Waals surface area contributed by atoms with Gasteiger partial charge in [-0.05, 0) is 43.4 Å². The molecule has 0 amide bonds. The van der Waals surface area contributed by atoms with E-state index >= 15 is 0 Å². The van der Waals surface area contributed by atoms with Crippen molar-refractivity contribution >= 4 is 5.69 Å². The van der Waals surface area contributed by atoms with Gasteiger partial charge in [-0.25, -0.2) is 0 Å². The van der Waals surface area contributed by atoms with Crippen LogP contribution in [-0.2, 0) is 0 Å². The van der Waals surface area contributed by atoms with E-state index < -0.39 is 0 Å². The predicted molar refractivity (Wildman–Crippen MR) is 90.6 cm³/mol. The summed E-state index contributed by atoms with van der Waals surface area (Å²) in [5.74, 6) is 0. The molecule has 1 rings (SSSR count). The van der Waals surface area contributed by atoms with Crippen LogP contribution in [0, 0.1) is 12.3 Å². The van der Waals surface area contributed by atoms with Gasteiger partial charge in [0, 0.05) is 25.3 Å². The average molecular weight is 276 g/mol. The zero-order valence-corrected chi connectivity index (χ0v) is 14.2. The highest BCUT2D eigenvalue weighted by molar-refractivity contribution is 5.52. The van der Waals surface area contributed by atoms with Crippen molar-refractivity contribution in [2.75, 3.05) is 25.0 Å². The van der Waals surface area contributed by atoms with Crippen molar-refractivity contribution in [2.24, 2.45) is 5.41 Å². The Balaban J connectivity index is 2.61. The van der Waals surface area contributed by atoms with Gasteiger partial charge in [-0.3, -0.25) is 0 Å². The fraction of sp³-hybridized carbons (Fsp3) is 0.667. The molecule has 0 aliphatic heterocycles. The summed E-state index contributed by atoms with van der Waals surface area (Å²) in [5, 5.41) is 3.70. The molecule has 1 N–H and O–H groups in total. The standard InChI is InChI=1S/C18H32N2/c1-7-13-19-17(18(3,4)5)12-14-20(6)16-11-9-8-10-15(16)2/h8-11,17,19H,7,12-14H2,1-6H3. The summed E-state index contributed by atoms with van der Waals surface area (Å²) in [5.41, 5.74) is 3.00. The van der Waals surface area contributed by atoms with Gasteiger partial charge in [-0.2, -0.15) is 0 Å². The molecule has 1 unspecified atom stereocenters. The monoisotopic (exact) mass is 276 g/mol. The average Bonchev–Trinajstić information content (AvgIpc) is 2.37. The molecule has 0 aliphatic rings. The van der Waals surface area contributed by atoms with Gasteiger partial charge >= 0.3 is 0 Å². The first-order valence-electron chi connectivity index (χ1n) is 7.86. The molecule has 0 heterocycles. The van der Waals surface area contributed by atoms with Crippen LogP contribution in [0.25, 0.3) is 0 Å². The smallest absolute Gasteiger partial charge is 0.0393 e. The number of nitrogens with zero attached hydrogens (tertiary/aromatic N) is 1. The van der Waals surface area contributed by atoms with Crippen LogP contribution in [0.5, 0.6) is 0 Å². The minimum absolute atomic E-state index is 0.307. The second-order valence-corrected chi connectivity index (χ2v) is 6.87. The Morgan fingerprint density at radius 3 is 2.40 bits per heavy atom. The van der Waals surface area contributed by atoms with Crippen molar-refractivity contribution < 1.29 is 0 Å². The molecule has 1 aromatic rings. The van der Waals surface area contributed by atoms with Crippen molar-refractivity contribution in [3.63, 3.8) is 0 Å². The lowest BCUT2D eigenvalue weighted by molar-refractivity contribution is 0.257. The Labute approximate surface area is 125 Å². The van der Waals surface area contributed by atoms with Crippen molar-refractivity contribution in [2.45, 2.75) is 53.5 Å². The van der Waals surface area contributed by atoms with E-state index in [1.54, 1.807) is 0 Å². The van der Waals surface area contributed by atoms with E-state index in [2.05, 4.69) is 76.1 Å². The number of hydrogen-bond donors (Lipinski definition) is 1. The fourth-order valence-corrected chi connectivity index (χ4v) is 2.59. The molecule has 0 radical (unpaired) electrons. The molecule has 20 heavy (non-hydrogen) atoms. The molecule has 0 spiro atoms. The van der Waals surface area contributed by atoms with E-state index in [-0.39, 0.29) is 0 Å². The largest absolute Gasteiger partial charge is 0.374 e. The number of aryl methyl sites for hydroxylation is 1. The zero-order chi connectivity index (χ0) is 15.2. The van der Waals surface area contributed by atoms with E-state index in [0.717, 1.165) is 13.1 Å². The third-order valence-electron chi connectivity index (χ3n) is 3.97. The lowest BCUT2D eigenvalue weighted by Crippen LogP contribution is -2.42. The second-order valence-electron chi connectivity index (χ2n) is 6.87. The maximum atomic E-state index is 3.70. The van der Waals surface area contributed by atoms with Crippen molar-refractivity contribution in [1.82, 2.24) is 5.32 Å². The Morgan fingerprint density at radius 1 is 1.20 bits per heavy atom. The first kappa shape index (κ1) is 17.0. The highest BCUT2D eigenvalue weighted by Gasteiger charge is 2.23. The Hall–Kier alpha value is -1.02. The third-order valence-corrected chi connectivity index (χ3v) is 3.97. The van der Waals surface area contributed by atoms with Gasteiger partial charge in [-0.1, -0.05) is 45.9 Å². The van der Waals surface area contributed by atoms with Gasteiger partial charge in [0.2, 0.25) is 0 Å². The number of para-hydroxylation sites is 1. The van der Waals surface area contributed by atoms with Gasteiger partial charge in [0.15, 0.2) is 0 Å². The maximum absolute atomic E-state index is 3.70. The molecule has 2 heteroatoms. The number of hydrogen-bond acceptors (Lipinski definition) is 2. The first-order chi connectivity index (χ1) is 9.36. The van der Waals surface area contributed by atoms with Gasteiger partial charge in [0.1, 0.15) is 0 Å². The van der Waals surface area contributed by atoms with Crippen molar-refractivity contribution in [3.8, 4) is 0 Å². The highest BCUT2D eigenvalue weighted by atomic mass is 15.1. The van der Waals surface area contributed by atoms with E-state index in [9.17, 15) is 0 Å². The second kappa shape index (κ2) is 7.68. The van der Waals surface area contributed by atoms with Crippen LogP contribution in [-0.4, -0.2) is 26.2 Å². The molecule has 0 bridgehead atoms. The third kappa shape index (κ3) is 5.16. The lowest BCUT2D eigenvalue weighted by atomic mass is 9.84. The van der Waals surface area contributed by atoms with Crippen LogP contribution in [0.4, 0.5) is 5.69 Å². The van der Waals surface area contributed by atoms with Gasteiger partial charge in [-0.15, -0.1) is 0 Å². The summed E-state index contributed by atoms with van der Waals surface area (Å²) in [6.07, 6.45) is 2.37. The summed E-state index contributed by atoms with van der Waals surface area (Å²) in [6.45, 7) is 13.6. The first-order valence-corrected chi connectivity index (χ1v) is 7.86. The predicted octanol–water partition coefficient (Wildman–Crippen LogP) is 4.24. The quantitative estimate of drug-likeness (QED) is 0.801. The Bertz CT molecular complexity index is 393. The normalized spacial score (nSPS) is 13.3. The van der Waals surface area contributed by atoms with Crippen LogP contribution in [0.15, 0.2) is 24.3 Å². The van der Waals surface area contributed by atoms with Crippen LogP contribution >= 0.6 is 0 Å². The van der Waals surface area contributed by atoms with Gasteiger partial charge < -0.3 is 10.2 Å². The zero-order valence-electron chi connectivity index (χ0n) is 14.2. The molecule has 0 saturated heterocycles. The summed E-state index contributed by atoms with van der Waals surface area (Å²) in [6, 6.07) is 9.18. The van der Waals surface area contributed by atoms with E-state index in [0.29, 0.717) is 11.5 Å². The van der Waals surface area contributed by atoms with Crippen LogP contribution in [0.1, 0.15) is 46.1 Å². The number of rotatable bonds is 7. The van der Waals surface area contributed by atoms with E-state index in [1.165, 1.54) is 24.1 Å². The minimum Gasteiger partial charge on any atom is -0.374 e. The Morgan fingerprint density at radius 2 is 1.85 bits per heavy atom. The molecule has 0 saturated carbocycles. The van der Waals surface area contributed by atoms with E-state index in [4.69, 9.17) is 0 Å². The molecule has 114 valence electrons. The maximum Gasteiger partial charge on any atom is 0.0393 e. The lowest BCUT2D eigenvalue weighted by Gasteiger charge is -2.33. The molecule has 1 atom stereocenters. The molecule has 0 fully saturated rings. The minimum atomic E-state index is 0.307. The van der Waals surface area contributed by atoms with Gasteiger partial charge in [0.25, 0.3) is 0 Å². The molecule has 2 nitrogen and oxygen atoms in total. The summed E-state index contributed by atoms with van der Waals surface area (Å²) in [7, 11) is 2.20. The van der Waals surface area contributed by atoms with Crippen LogP contribution < -0.4 is 10.2 Å². The highest BCUT2D eigenvalue weighted by Crippen LogP contribution is 2.24. The number of benzene rings is 1. The van der Waals surface area contributed by atoms with Crippen molar-refractivity contribution in [3.05, 3.63) is 29.8 Å². The molecular weight excluding hydrogens is 244 g/mol. The molecular formula is C18H32N2. The number of nitrogens with one attached hydrogen (secondary N) is 1. The molecule has 1 aromatic carbocycles. The number of anilines is 1. The molecule has 0 aromatic heterocycles. The molecule has 0 aliphatic carbocycles. The Kier molecular flexibility index (Phi) is 6.54. The van der Waals surface area contributed by atoms with Crippen molar-refractivity contribution in [1.29, 1.82) is 0 Å². The van der Waals surface area contributed by atoms with Gasteiger partial charge in [0.05, 0.1) is 0 Å². The van der Waals surface area contributed by atoms with Crippen LogP contribution in [0.3, 0.4) is 0 Å².